The average Bonchev–Trinajstić information content (AvgIpc) is 2.54. The number of aliphatic hydroxyl groups excluding tert-OH is 3. The van der Waals surface area contributed by atoms with Crippen LogP contribution >= 0.6 is 11.6 Å². The highest BCUT2D eigenvalue weighted by atomic mass is 35.5. The minimum absolute atomic E-state index is 0.267. The minimum Gasteiger partial charge on any atom is -0.394 e. The number of halogens is 1. The first-order valence-corrected chi connectivity index (χ1v) is 5.36. The topological polar surface area (TPSA) is 111 Å². The summed E-state index contributed by atoms with van der Waals surface area (Å²) in [5.41, 5.74) is 0. The Bertz CT molecular complexity index is 242. The molecular weight excluding hydrogens is 240 g/mol. The lowest BCUT2D eigenvalue weighted by atomic mass is 10.1. The van der Waals surface area contributed by atoms with Gasteiger partial charge in [-0.05, 0) is 0 Å². The molecule has 1 saturated heterocycles. The SMILES string of the molecule is O=C(NCCCl)N[C@@H]1O[C@H](CO)[C@@H](O)[C@H]1O. The molecule has 1 rings (SSSR count). The lowest BCUT2D eigenvalue weighted by molar-refractivity contribution is -0.0284. The van der Waals surface area contributed by atoms with E-state index in [1.54, 1.807) is 0 Å². The van der Waals surface area contributed by atoms with Gasteiger partial charge in [0, 0.05) is 12.4 Å². The molecule has 0 spiro atoms. The summed E-state index contributed by atoms with van der Waals surface area (Å²) in [7, 11) is 0. The second-order valence-corrected chi connectivity index (χ2v) is 3.73. The van der Waals surface area contributed by atoms with E-state index in [-0.39, 0.29) is 12.4 Å². The van der Waals surface area contributed by atoms with Crippen molar-refractivity contribution in [3.05, 3.63) is 0 Å². The Morgan fingerprint density at radius 3 is 2.56 bits per heavy atom. The van der Waals surface area contributed by atoms with E-state index in [1.807, 2.05) is 0 Å². The molecule has 7 nitrogen and oxygen atoms in total. The third kappa shape index (κ3) is 3.19. The number of nitrogens with one attached hydrogen (secondary N) is 2. The van der Waals surface area contributed by atoms with Gasteiger partial charge in [0.15, 0.2) is 6.23 Å². The van der Waals surface area contributed by atoms with Crippen LogP contribution in [0.5, 0.6) is 0 Å². The zero-order valence-electron chi connectivity index (χ0n) is 8.47. The van der Waals surface area contributed by atoms with Crippen molar-refractivity contribution in [2.75, 3.05) is 19.0 Å². The monoisotopic (exact) mass is 254 g/mol. The molecular formula is C8H15ClN2O5. The van der Waals surface area contributed by atoms with E-state index in [0.29, 0.717) is 0 Å². The van der Waals surface area contributed by atoms with Crippen LogP contribution in [0.3, 0.4) is 0 Å². The summed E-state index contributed by atoms with van der Waals surface area (Å²) in [6.07, 6.45) is -4.42. The largest absolute Gasteiger partial charge is 0.394 e. The van der Waals surface area contributed by atoms with Gasteiger partial charge in [-0.1, -0.05) is 0 Å². The van der Waals surface area contributed by atoms with Crippen LogP contribution in [0.25, 0.3) is 0 Å². The van der Waals surface area contributed by atoms with E-state index in [9.17, 15) is 15.0 Å². The van der Waals surface area contributed by atoms with Crippen molar-refractivity contribution in [1.82, 2.24) is 10.6 Å². The normalized spacial score (nSPS) is 33.8. The average molecular weight is 255 g/mol. The van der Waals surface area contributed by atoms with Crippen molar-refractivity contribution >= 4 is 17.6 Å². The molecule has 0 aromatic rings. The molecule has 1 heterocycles. The molecule has 1 aliphatic rings. The first kappa shape index (κ1) is 13.5. The molecule has 0 aliphatic carbocycles. The first-order valence-electron chi connectivity index (χ1n) is 4.83. The molecule has 0 bridgehead atoms. The maximum absolute atomic E-state index is 11.2. The third-order valence-corrected chi connectivity index (χ3v) is 2.38. The molecule has 8 heteroatoms. The van der Waals surface area contributed by atoms with Crippen LogP contribution in [0, 0.1) is 0 Å². The molecule has 0 saturated carbocycles. The molecule has 2 amide bonds. The predicted octanol–water partition coefficient (Wildman–Crippen LogP) is -2.04. The summed E-state index contributed by atoms with van der Waals surface area (Å²) in [5, 5.41) is 32.4. The van der Waals surface area contributed by atoms with Crippen molar-refractivity contribution in [2.45, 2.75) is 24.5 Å². The molecule has 4 atom stereocenters. The van der Waals surface area contributed by atoms with Crippen LogP contribution in [0.2, 0.25) is 0 Å². The van der Waals surface area contributed by atoms with Gasteiger partial charge in [0.1, 0.15) is 18.3 Å². The lowest BCUT2D eigenvalue weighted by Crippen LogP contribution is -2.48. The van der Waals surface area contributed by atoms with E-state index < -0.39 is 37.2 Å². The lowest BCUT2D eigenvalue weighted by Gasteiger charge is -2.16. The molecule has 0 radical (unpaired) electrons. The first-order chi connectivity index (χ1) is 7.60. The second kappa shape index (κ2) is 6.21. The number of alkyl halides is 1. The van der Waals surface area contributed by atoms with Crippen molar-refractivity contribution in [2.24, 2.45) is 0 Å². The number of aliphatic hydroxyl groups is 3. The van der Waals surface area contributed by atoms with Gasteiger partial charge in [0.25, 0.3) is 0 Å². The van der Waals surface area contributed by atoms with Gasteiger partial charge in [-0.15, -0.1) is 11.6 Å². The summed E-state index contributed by atoms with van der Waals surface area (Å²) >= 11 is 5.36. The van der Waals surface area contributed by atoms with Crippen molar-refractivity contribution in [3.8, 4) is 0 Å². The second-order valence-electron chi connectivity index (χ2n) is 3.35. The number of amides is 2. The molecule has 0 unspecified atom stereocenters. The number of carbonyl (C=O) groups is 1. The number of ether oxygens (including phenoxy) is 1. The standard InChI is InChI=1S/C8H15ClN2O5/c9-1-2-10-8(15)11-7-6(14)5(13)4(3-12)16-7/h4-7,12-14H,1-3H2,(H2,10,11,15)/t4-,5-,6-,7-/m1/s1. The molecule has 1 aliphatic heterocycles. The zero-order chi connectivity index (χ0) is 12.1. The maximum Gasteiger partial charge on any atom is 0.316 e. The maximum atomic E-state index is 11.2. The highest BCUT2D eigenvalue weighted by Gasteiger charge is 2.42. The van der Waals surface area contributed by atoms with Crippen LogP contribution in [0.15, 0.2) is 0 Å². The molecule has 0 aromatic heterocycles. The number of hydrogen-bond donors (Lipinski definition) is 5. The van der Waals surface area contributed by atoms with Crippen molar-refractivity contribution in [3.63, 3.8) is 0 Å². The summed E-state index contributed by atoms with van der Waals surface area (Å²) in [5.74, 6) is 0.267. The molecule has 5 N–H and O–H groups in total. The van der Waals surface area contributed by atoms with Gasteiger partial charge in [-0.25, -0.2) is 4.79 Å². The Morgan fingerprint density at radius 2 is 2.06 bits per heavy atom. The van der Waals surface area contributed by atoms with Gasteiger partial charge >= 0.3 is 6.03 Å². The summed E-state index contributed by atoms with van der Waals surface area (Å²) in [6.45, 7) is -0.151. The number of hydrogen-bond acceptors (Lipinski definition) is 5. The molecule has 1 fully saturated rings. The third-order valence-electron chi connectivity index (χ3n) is 2.20. The minimum atomic E-state index is -1.26. The van der Waals surface area contributed by atoms with Crippen LogP contribution < -0.4 is 10.6 Å². The Morgan fingerprint density at radius 1 is 1.38 bits per heavy atom. The summed E-state index contributed by atoms with van der Waals surface area (Å²) in [6, 6.07) is -0.560. The van der Waals surface area contributed by atoms with Gasteiger partial charge in [0.05, 0.1) is 6.61 Å². The Labute approximate surface area is 97.3 Å². The quantitative estimate of drug-likeness (QED) is 0.371. The molecule has 16 heavy (non-hydrogen) atoms. The fourth-order valence-electron chi connectivity index (χ4n) is 1.36. The smallest absolute Gasteiger partial charge is 0.316 e. The van der Waals surface area contributed by atoms with Gasteiger partial charge in [-0.3, -0.25) is 0 Å². The van der Waals surface area contributed by atoms with Gasteiger partial charge in [0.2, 0.25) is 0 Å². The number of rotatable bonds is 4. The van der Waals surface area contributed by atoms with Crippen LogP contribution in [0.4, 0.5) is 4.79 Å². The van der Waals surface area contributed by atoms with E-state index in [1.165, 1.54) is 0 Å². The van der Waals surface area contributed by atoms with Crippen LogP contribution in [-0.4, -0.2) is 64.9 Å². The zero-order valence-corrected chi connectivity index (χ0v) is 9.22. The van der Waals surface area contributed by atoms with Gasteiger partial charge in [-0.2, -0.15) is 0 Å². The fraction of sp³-hybridized carbons (Fsp3) is 0.875. The summed E-state index contributed by atoms with van der Waals surface area (Å²) < 4.78 is 5.03. The Balaban J connectivity index is 2.40. The highest BCUT2D eigenvalue weighted by molar-refractivity contribution is 6.18. The Kier molecular flexibility index (Phi) is 5.23. The number of carbonyl (C=O) groups excluding carboxylic acids is 1. The summed E-state index contributed by atoms with van der Waals surface area (Å²) in [4.78, 5) is 11.2. The van der Waals surface area contributed by atoms with Crippen molar-refractivity contribution in [1.29, 1.82) is 0 Å². The van der Waals surface area contributed by atoms with Gasteiger partial charge < -0.3 is 30.7 Å². The predicted molar refractivity (Wildman–Crippen MR) is 55.0 cm³/mol. The Hall–Kier alpha value is -0.600. The highest BCUT2D eigenvalue weighted by Crippen LogP contribution is 2.18. The van der Waals surface area contributed by atoms with Crippen LogP contribution in [0.1, 0.15) is 0 Å². The van der Waals surface area contributed by atoms with Crippen molar-refractivity contribution < 1.29 is 24.9 Å². The van der Waals surface area contributed by atoms with E-state index in [0.717, 1.165) is 0 Å². The molecule has 0 aromatic carbocycles. The van der Waals surface area contributed by atoms with E-state index in [2.05, 4.69) is 10.6 Å². The van der Waals surface area contributed by atoms with E-state index in [4.69, 9.17) is 21.4 Å². The van der Waals surface area contributed by atoms with E-state index >= 15 is 0 Å². The van der Waals surface area contributed by atoms with Crippen LogP contribution in [-0.2, 0) is 4.74 Å². The fourth-order valence-corrected chi connectivity index (χ4v) is 1.45. The number of urea groups is 1. The molecule has 94 valence electrons.